The van der Waals surface area contributed by atoms with Gasteiger partial charge in [0.1, 0.15) is 54.4 Å². The van der Waals surface area contributed by atoms with Gasteiger partial charge in [-0.1, -0.05) is 55.4 Å². The summed E-state index contributed by atoms with van der Waals surface area (Å²) in [4.78, 5) is 154. The molecule has 0 saturated heterocycles. The summed E-state index contributed by atoms with van der Waals surface area (Å²) in [5, 5.41) is 67.0. The van der Waals surface area contributed by atoms with Crippen molar-refractivity contribution >= 4 is 71.1 Å². The molecule has 0 bridgehead atoms. The Bertz CT molecular complexity index is 1860. The second-order valence-electron chi connectivity index (χ2n) is 18.4. The Morgan fingerprint density at radius 3 is 1.19 bits per heavy atom. The molecule has 0 aliphatic rings. The van der Waals surface area contributed by atoms with E-state index < -0.39 is 182 Å². The minimum atomic E-state index is -1.95. The normalized spacial score (nSPS) is 15.6. The van der Waals surface area contributed by atoms with Crippen LogP contribution in [0.25, 0.3) is 0 Å². The number of carbonyl (C=O) groups is 12. The first-order chi connectivity index (χ1) is 32.3. The molecule has 0 fully saturated rings. The van der Waals surface area contributed by atoms with Gasteiger partial charge in [0.2, 0.25) is 53.2 Å². The highest BCUT2D eigenvalue weighted by molar-refractivity contribution is 5.99. The van der Waals surface area contributed by atoms with Gasteiger partial charge in [-0.2, -0.15) is 0 Å². The van der Waals surface area contributed by atoms with E-state index in [0.717, 1.165) is 0 Å². The first-order valence-electron chi connectivity index (χ1n) is 22.7. The number of aliphatic hydroxyl groups is 2. The van der Waals surface area contributed by atoms with Crippen LogP contribution in [0.1, 0.15) is 107 Å². The van der Waals surface area contributed by atoms with Gasteiger partial charge in [-0.05, 0) is 56.3 Å². The number of amides is 9. The van der Waals surface area contributed by atoms with E-state index in [4.69, 9.17) is 11.5 Å². The minimum Gasteiger partial charge on any atom is -0.481 e. The quantitative estimate of drug-likeness (QED) is 0.0295. The van der Waals surface area contributed by atoms with E-state index in [1.807, 2.05) is 0 Å². The second-order valence-corrected chi connectivity index (χ2v) is 18.4. The largest absolute Gasteiger partial charge is 0.481 e. The van der Waals surface area contributed by atoms with Gasteiger partial charge in [0.05, 0.1) is 19.1 Å². The van der Waals surface area contributed by atoms with Crippen LogP contribution in [0.15, 0.2) is 0 Å². The van der Waals surface area contributed by atoms with E-state index in [1.54, 1.807) is 27.7 Å². The highest BCUT2D eigenvalue weighted by atomic mass is 16.4. The van der Waals surface area contributed by atoms with Crippen molar-refractivity contribution in [1.82, 2.24) is 42.5 Å². The molecule has 10 atom stereocenters. The third kappa shape index (κ3) is 23.7. The molecule has 17 N–H and O–H groups in total. The molecule has 0 aromatic heterocycles. The number of nitrogens with two attached hydrogens (primary N) is 2. The molecule has 0 unspecified atom stereocenters. The van der Waals surface area contributed by atoms with Crippen LogP contribution in [0.5, 0.6) is 0 Å². The number of carboxylic acids is 3. The lowest BCUT2D eigenvalue weighted by atomic mass is 10.00. The lowest BCUT2D eigenvalue weighted by molar-refractivity contribution is -0.144. The van der Waals surface area contributed by atoms with Crippen LogP contribution in [-0.4, -0.2) is 164 Å². The molecule has 0 aliphatic carbocycles. The number of aliphatic hydroxyl groups excluding tert-OH is 2. The summed E-state index contributed by atoms with van der Waals surface area (Å²) in [7, 11) is 0. The maximum atomic E-state index is 13.7. The molecular formula is C43H74N10O17. The van der Waals surface area contributed by atoms with E-state index in [1.165, 1.54) is 34.6 Å². The molecule has 0 radical (unpaired) electrons. The van der Waals surface area contributed by atoms with Gasteiger partial charge in [-0.3, -0.25) is 52.7 Å². The molecule has 0 spiro atoms. The van der Waals surface area contributed by atoms with Crippen LogP contribution in [0.3, 0.4) is 0 Å². The van der Waals surface area contributed by atoms with Crippen molar-refractivity contribution in [3.63, 3.8) is 0 Å². The smallest absolute Gasteiger partial charge is 0.326 e. The van der Waals surface area contributed by atoms with Gasteiger partial charge >= 0.3 is 17.9 Å². The van der Waals surface area contributed by atoms with Gasteiger partial charge in [0, 0.05) is 12.8 Å². The number of carboxylic acid groups (broad SMARTS) is 3. The van der Waals surface area contributed by atoms with Crippen LogP contribution in [0.2, 0.25) is 0 Å². The molecule has 398 valence electrons. The van der Waals surface area contributed by atoms with Gasteiger partial charge in [-0.15, -0.1) is 0 Å². The molecule has 0 aromatic rings. The molecule has 0 saturated carbocycles. The maximum Gasteiger partial charge on any atom is 0.326 e. The summed E-state index contributed by atoms with van der Waals surface area (Å²) in [5.74, 6) is -15.7. The van der Waals surface area contributed by atoms with E-state index in [2.05, 4.69) is 42.5 Å². The SMILES string of the molecule is CC(C)C[C@H](NC(=O)[C@H](CO)NC(=O)[C@@H](NC(=O)[C@H](CC(=O)O)NC(=O)[C@H](CCC(N)=O)NC(=O)[C@H](CC(C)C)NC(=O)[C@@H](N)[C@@H](C)O)C(C)C)C(=O)N[C@@H](CCC(=O)O)C(=O)N[C@H](C(=O)O)C(C)C. The molecular weight excluding hydrogens is 929 g/mol. The Balaban J connectivity index is 6.49. The highest BCUT2D eigenvalue weighted by Gasteiger charge is 2.37. The van der Waals surface area contributed by atoms with Crippen LogP contribution >= 0.6 is 0 Å². The van der Waals surface area contributed by atoms with Crippen molar-refractivity contribution in [3.05, 3.63) is 0 Å². The number of carbonyl (C=O) groups excluding carboxylic acids is 9. The first-order valence-corrected chi connectivity index (χ1v) is 22.7. The number of hydrogen-bond donors (Lipinski definition) is 15. The zero-order valence-corrected chi connectivity index (χ0v) is 41.0. The zero-order chi connectivity index (χ0) is 54.3. The van der Waals surface area contributed by atoms with Crippen molar-refractivity contribution < 1.29 is 83.1 Å². The van der Waals surface area contributed by atoms with Crippen LogP contribution in [0.4, 0.5) is 0 Å². The average molecular weight is 1000 g/mol. The van der Waals surface area contributed by atoms with Gasteiger partial charge < -0.3 is 79.5 Å². The van der Waals surface area contributed by atoms with Crippen LogP contribution in [-0.2, 0) is 57.5 Å². The summed E-state index contributed by atoms with van der Waals surface area (Å²) in [6, 6.07) is -14.2. The molecule has 0 aromatic carbocycles. The van der Waals surface area contributed by atoms with Crippen molar-refractivity contribution in [2.24, 2.45) is 35.1 Å². The lowest BCUT2D eigenvalue weighted by Crippen LogP contribution is -2.62. The monoisotopic (exact) mass is 1000 g/mol. The summed E-state index contributed by atoms with van der Waals surface area (Å²) in [6.07, 6.45) is -4.50. The predicted octanol–water partition coefficient (Wildman–Crippen LogP) is -4.34. The molecule has 0 rings (SSSR count). The molecule has 9 amide bonds. The van der Waals surface area contributed by atoms with Crippen LogP contribution < -0.4 is 54.0 Å². The van der Waals surface area contributed by atoms with Crippen molar-refractivity contribution in [2.75, 3.05) is 6.61 Å². The Morgan fingerprint density at radius 1 is 0.443 bits per heavy atom. The molecule has 0 aliphatic heterocycles. The maximum absolute atomic E-state index is 13.7. The zero-order valence-electron chi connectivity index (χ0n) is 41.0. The number of hydrogen-bond acceptors (Lipinski definition) is 15. The predicted molar refractivity (Wildman–Crippen MR) is 246 cm³/mol. The molecule has 27 nitrogen and oxygen atoms in total. The molecule has 27 heteroatoms. The van der Waals surface area contributed by atoms with E-state index >= 15 is 0 Å². The van der Waals surface area contributed by atoms with Crippen LogP contribution in [0, 0.1) is 23.7 Å². The summed E-state index contributed by atoms with van der Waals surface area (Å²) >= 11 is 0. The highest BCUT2D eigenvalue weighted by Crippen LogP contribution is 2.12. The topological polar surface area (TPSA) is 454 Å². The van der Waals surface area contributed by atoms with Gasteiger partial charge in [0.15, 0.2) is 0 Å². The standard InChI is InChI=1S/C43H74N10O17/c1-18(2)14-25(37(63)47-24(11-13-30(57)58)36(62)53-34(21(7)8)43(69)70)48-40(66)28(17-54)51-42(68)33(20(5)6)52-39(65)27(16-31(59)60)49-35(61)23(10-12-29(44)56)46-38(64)26(15-19(3)4)50-41(67)32(45)22(9)55/h18-28,32-34,54-55H,10-17,45H2,1-9H3,(H2,44,56)(H,46,64)(H,47,63)(H,48,66)(H,49,61)(H,50,67)(H,51,68)(H,52,65)(H,53,62)(H,57,58)(H,59,60)(H,69,70)/t22-,23+,24+,25+,26+,27+,28+,32+,33+,34+/m1/s1. The van der Waals surface area contributed by atoms with E-state index in [0.29, 0.717) is 0 Å². The fraction of sp³-hybridized carbons (Fsp3) is 0.721. The first kappa shape index (κ1) is 63.5. The number of aliphatic carboxylic acids is 3. The van der Waals surface area contributed by atoms with Crippen molar-refractivity contribution in [2.45, 2.75) is 168 Å². The fourth-order valence-corrected chi connectivity index (χ4v) is 6.47. The Hall–Kier alpha value is -6.48. The fourth-order valence-electron chi connectivity index (χ4n) is 6.47. The number of nitrogens with one attached hydrogen (secondary N) is 8. The summed E-state index contributed by atoms with van der Waals surface area (Å²) in [6.45, 7) is 12.8. The van der Waals surface area contributed by atoms with Gasteiger partial charge in [-0.25, -0.2) is 4.79 Å². The van der Waals surface area contributed by atoms with E-state index in [-0.39, 0.29) is 24.7 Å². The second kappa shape index (κ2) is 30.9. The van der Waals surface area contributed by atoms with Crippen molar-refractivity contribution in [1.29, 1.82) is 0 Å². The average Bonchev–Trinajstić information content (AvgIpc) is 3.23. The lowest BCUT2D eigenvalue weighted by Gasteiger charge is -2.29. The Morgan fingerprint density at radius 2 is 0.800 bits per heavy atom. The number of rotatable bonds is 33. The van der Waals surface area contributed by atoms with E-state index in [9.17, 15) is 83.1 Å². The third-order valence-electron chi connectivity index (χ3n) is 10.4. The summed E-state index contributed by atoms with van der Waals surface area (Å²) in [5.41, 5.74) is 11.0. The van der Waals surface area contributed by atoms with Crippen molar-refractivity contribution in [3.8, 4) is 0 Å². The van der Waals surface area contributed by atoms with Gasteiger partial charge in [0.25, 0.3) is 0 Å². The molecule has 0 heterocycles. The summed E-state index contributed by atoms with van der Waals surface area (Å²) < 4.78 is 0. The Labute approximate surface area is 405 Å². The number of primary amides is 1. The molecule has 70 heavy (non-hydrogen) atoms. The minimum absolute atomic E-state index is 0.0108. The Kier molecular flexibility index (Phi) is 28.0. The third-order valence-corrected chi connectivity index (χ3v) is 10.4.